The van der Waals surface area contributed by atoms with E-state index in [0.717, 1.165) is 78.8 Å². The SMILES string of the molecule is C[C@H]1CCCS(=O)(=O)N1c1ccc2cc(-c3nc4cc(C(=O)N5C[C@H]6CC[C@@H]5[C@@H]6N)ccc4n3C3CC3)n(CC3CC3)c2n1. The number of pyridine rings is 1. The molecule has 1 aromatic carbocycles. The Kier molecular flexibility index (Phi) is 5.83. The summed E-state index contributed by atoms with van der Waals surface area (Å²) in [5.41, 5.74) is 10.8. The van der Waals surface area contributed by atoms with Gasteiger partial charge in [-0.2, -0.15) is 0 Å². The van der Waals surface area contributed by atoms with E-state index in [2.05, 4.69) is 21.3 Å². The number of aromatic nitrogens is 4. The lowest BCUT2D eigenvalue weighted by molar-refractivity contribution is 0.0701. The molecule has 44 heavy (non-hydrogen) atoms. The van der Waals surface area contributed by atoms with Crippen molar-refractivity contribution in [3.63, 3.8) is 0 Å². The molecule has 230 valence electrons. The van der Waals surface area contributed by atoms with Crippen LogP contribution in [0.5, 0.6) is 0 Å². The average Bonchev–Trinajstić information content (AvgIpc) is 3.90. The van der Waals surface area contributed by atoms with E-state index in [1.54, 1.807) is 0 Å². The number of carbonyl (C=O) groups excluding carboxylic acids is 1. The van der Waals surface area contributed by atoms with Crippen LogP contribution in [0.15, 0.2) is 36.4 Å². The summed E-state index contributed by atoms with van der Waals surface area (Å²) in [6, 6.07) is 12.5. The zero-order chi connectivity index (χ0) is 29.9. The number of hydrogen-bond acceptors (Lipinski definition) is 6. The van der Waals surface area contributed by atoms with Crippen molar-refractivity contribution < 1.29 is 13.2 Å². The Labute approximate surface area is 257 Å². The predicted molar refractivity (Wildman–Crippen MR) is 170 cm³/mol. The number of likely N-dealkylation sites (tertiary alicyclic amines) is 1. The molecule has 3 aromatic heterocycles. The molecule has 1 amide bonds. The number of sulfonamides is 1. The lowest BCUT2D eigenvalue weighted by Gasteiger charge is -2.33. The number of anilines is 1. The Morgan fingerprint density at radius 1 is 1.00 bits per heavy atom. The maximum absolute atomic E-state index is 13.6. The first-order valence-electron chi connectivity index (χ1n) is 16.4. The minimum Gasteiger partial charge on any atom is -0.334 e. The second-order valence-electron chi connectivity index (χ2n) is 13.9. The van der Waals surface area contributed by atoms with Crippen molar-refractivity contribution in [1.82, 2.24) is 24.0 Å². The number of nitrogens with two attached hydrogens (primary N) is 1. The minimum atomic E-state index is -3.41. The van der Waals surface area contributed by atoms with Crippen molar-refractivity contribution in [2.24, 2.45) is 17.6 Å². The topological polar surface area (TPSA) is 119 Å². The van der Waals surface area contributed by atoms with Gasteiger partial charge in [-0.15, -0.1) is 0 Å². The van der Waals surface area contributed by atoms with E-state index < -0.39 is 10.0 Å². The summed E-state index contributed by atoms with van der Waals surface area (Å²) >= 11 is 0. The van der Waals surface area contributed by atoms with Crippen molar-refractivity contribution in [3.05, 3.63) is 42.0 Å². The third-order valence-electron chi connectivity index (χ3n) is 10.8. The number of fused-ring (bicyclic) bond motifs is 4. The molecule has 5 aliphatic rings. The van der Waals surface area contributed by atoms with Gasteiger partial charge in [-0.3, -0.25) is 9.10 Å². The summed E-state index contributed by atoms with van der Waals surface area (Å²) in [4.78, 5) is 25.9. The van der Waals surface area contributed by atoms with Crippen LogP contribution in [0.25, 0.3) is 33.6 Å². The Hall–Kier alpha value is -3.44. The Bertz CT molecular complexity index is 1940. The van der Waals surface area contributed by atoms with Crippen LogP contribution in [-0.4, -0.2) is 68.8 Å². The van der Waals surface area contributed by atoms with Crippen LogP contribution in [0.3, 0.4) is 0 Å². The summed E-state index contributed by atoms with van der Waals surface area (Å²) in [5.74, 6) is 2.60. The van der Waals surface area contributed by atoms with Gasteiger partial charge in [0.2, 0.25) is 10.0 Å². The fourth-order valence-electron chi connectivity index (χ4n) is 8.15. The fraction of sp³-hybridized carbons (Fsp3) is 0.545. The first-order chi connectivity index (χ1) is 21.3. The molecule has 2 saturated heterocycles. The Morgan fingerprint density at radius 2 is 1.84 bits per heavy atom. The van der Waals surface area contributed by atoms with Crippen molar-refractivity contribution in [1.29, 1.82) is 0 Å². The molecule has 4 atom stereocenters. The van der Waals surface area contributed by atoms with Crippen molar-refractivity contribution in [2.75, 3.05) is 16.6 Å². The van der Waals surface area contributed by atoms with Crippen LogP contribution in [0, 0.1) is 11.8 Å². The normalized spacial score (nSPS) is 28.0. The molecule has 2 aliphatic heterocycles. The first-order valence-corrected chi connectivity index (χ1v) is 18.0. The third kappa shape index (κ3) is 4.14. The Balaban J connectivity index is 1.16. The smallest absolute Gasteiger partial charge is 0.254 e. The number of piperidine rings is 1. The summed E-state index contributed by atoms with van der Waals surface area (Å²) in [6.45, 7) is 3.54. The molecule has 5 fully saturated rings. The second kappa shape index (κ2) is 9.53. The van der Waals surface area contributed by atoms with Crippen LogP contribution in [0.1, 0.15) is 74.7 Å². The number of benzene rings is 1. The van der Waals surface area contributed by atoms with Crippen molar-refractivity contribution >= 4 is 43.8 Å². The molecule has 9 rings (SSSR count). The molecule has 0 unspecified atom stereocenters. The molecular weight excluding hydrogens is 574 g/mol. The highest BCUT2D eigenvalue weighted by molar-refractivity contribution is 7.92. The molecule has 0 radical (unpaired) electrons. The van der Waals surface area contributed by atoms with Gasteiger partial charge in [-0.1, -0.05) is 0 Å². The number of imidazole rings is 1. The molecule has 10 nitrogen and oxygen atoms in total. The highest BCUT2D eigenvalue weighted by atomic mass is 32.2. The van der Waals surface area contributed by atoms with E-state index in [1.807, 2.05) is 36.1 Å². The van der Waals surface area contributed by atoms with E-state index in [4.69, 9.17) is 15.7 Å². The first kappa shape index (κ1) is 26.9. The summed E-state index contributed by atoms with van der Waals surface area (Å²) in [7, 11) is -3.41. The van der Waals surface area contributed by atoms with Gasteiger partial charge in [0, 0.05) is 48.2 Å². The van der Waals surface area contributed by atoms with E-state index in [9.17, 15) is 13.2 Å². The van der Waals surface area contributed by atoms with Crippen molar-refractivity contribution in [2.45, 2.75) is 89.0 Å². The maximum Gasteiger partial charge on any atom is 0.254 e. The van der Waals surface area contributed by atoms with Gasteiger partial charge in [-0.05, 0) is 107 Å². The average molecular weight is 614 g/mol. The lowest BCUT2D eigenvalue weighted by Crippen LogP contribution is -2.44. The van der Waals surface area contributed by atoms with Crippen LogP contribution >= 0.6 is 0 Å². The third-order valence-corrected chi connectivity index (χ3v) is 12.8. The summed E-state index contributed by atoms with van der Waals surface area (Å²) in [5, 5.41) is 0.983. The van der Waals surface area contributed by atoms with Crippen LogP contribution in [0.2, 0.25) is 0 Å². The molecule has 3 aliphatic carbocycles. The number of amides is 1. The molecule has 0 spiro atoms. The lowest BCUT2D eigenvalue weighted by atomic mass is 10.1. The highest BCUT2D eigenvalue weighted by Crippen LogP contribution is 2.44. The number of carbonyl (C=O) groups is 1. The number of nitrogens with zero attached hydrogens (tertiary/aromatic N) is 6. The summed E-state index contributed by atoms with van der Waals surface area (Å²) in [6.07, 6.45) is 8.18. The molecule has 2 N–H and O–H groups in total. The van der Waals surface area contributed by atoms with Gasteiger partial charge >= 0.3 is 0 Å². The summed E-state index contributed by atoms with van der Waals surface area (Å²) < 4.78 is 32.4. The quantitative estimate of drug-likeness (QED) is 0.337. The van der Waals surface area contributed by atoms with E-state index in [1.165, 1.54) is 17.1 Å². The molecule has 4 aromatic rings. The van der Waals surface area contributed by atoms with Gasteiger partial charge in [-0.25, -0.2) is 18.4 Å². The van der Waals surface area contributed by atoms with Crippen LogP contribution in [0.4, 0.5) is 5.82 Å². The minimum absolute atomic E-state index is 0.0542. The standard InChI is InChI=1S/C33H39N7O3S/c1-19-3-2-14-44(42,43)40(19)29-13-8-21-16-28(37(31(21)36-29)17-20-4-5-20)32-35-25-15-22(6-11-26(25)39(32)24-9-10-24)33(41)38-18-23-7-12-27(38)30(23)34/h6,8,11,13,15-16,19-20,23-24,27,30H,2-5,7,9-10,12,14,17-18,34H2,1H3/t19-,23+,27+,30+/m0/s1. The second-order valence-corrected chi connectivity index (χ2v) is 15.9. The van der Waals surface area contributed by atoms with E-state index in [-0.39, 0.29) is 29.8 Å². The molecular formula is C33H39N7O3S. The zero-order valence-electron chi connectivity index (χ0n) is 25.1. The molecule has 3 saturated carbocycles. The van der Waals surface area contributed by atoms with Gasteiger partial charge in [0.05, 0.1) is 22.5 Å². The molecule has 5 heterocycles. The van der Waals surface area contributed by atoms with E-state index in [0.29, 0.717) is 35.7 Å². The maximum atomic E-state index is 13.6. The van der Waals surface area contributed by atoms with Gasteiger partial charge in [0.15, 0.2) is 5.82 Å². The number of rotatable bonds is 6. The largest absolute Gasteiger partial charge is 0.334 e. The number of hydrogen-bond donors (Lipinski definition) is 1. The van der Waals surface area contributed by atoms with Gasteiger partial charge < -0.3 is 19.8 Å². The predicted octanol–water partition coefficient (Wildman–Crippen LogP) is 4.68. The molecule has 11 heteroatoms. The van der Waals surface area contributed by atoms with Gasteiger partial charge in [0.25, 0.3) is 5.91 Å². The highest BCUT2D eigenvalue weighted by Gasteiger charge is 2.47. The monoisotopic (exact) mass is 613 g/mol. The fourth-order valence-corrected chi connectivity index (χ4v) is 9.92. The van der Waals surface area contributed by atoms with Crippen LogP contribution < -0.4 is 10.0 Å². The zero-order valence-corrected chi connectivity index (χ0v) is 25.9. The Morgan fingerprint density at radius 3 is 2.55 bits per heavy atom. The van der Waals surface area contributed by atoms with Crippen molar-refractivity contribution in [3.8, 4) is 11.5 Å². The van der Waals surface area contributed by atoms with Gasteiger partial charge in [0.1, 0.15) is 11.5 Å². The van der Waals surface area contributed by atoms with E-state index >= 15 is 0 Å². The van der Waals surface area contributed by atoms with Crippen LogP contribution in [-0.2, 0) is 16.6 Å². The molecule has 2 bridgehead atoms.